The van der Waals surface area contributed by atoms with Crippen LogP contribution >= 0.6 is 0 Å². The number of anilines is 1. The first-order valence-corrected chi connectivity index (χ1v) is 19.9. The van der Waals surface area contributed by atoms with Crippen molar-refractivity contribution in [1.29, 1.82) is 0 Å². The van der Waals surface area contributed by atoms with Crippen LogP contribution in [-0.4, -0.2) is 69.6 Å². The third-order valence-corrected chi connectivity index (χ3v) is 10.8. The maximum atomic E-state index is 12.5. The number of hydrogen-bond acceptors (Lipinski definition) is 7. The minimum absolute atomic E-state index is 0.0255. The molecule has 8 nitrogen and oxygen atoms in total. The number of pyridine rings is 1. The molecule has 3 rings (SSSR count). The third kappa shape index (κ3) is 15.1. The summed E-state index contributed by atoms with van der Waals surface area (Å²) in [6.07, 6.45) is 20.9. The molecular weight excluding hydrogens is 609 g/mol. The zero-order valence-corrected chi connectivity index (χ0v) is 30.4. The van der Waals surface area contributed by atoms with Gasteiger partial charge in [-0.25, -0.2) is 4.98 Å². The molecule has 1 N–H and O–H groups in total. The fourth-order valence-corrected chi connectivity index (χ4v) is 7.07. The Bertz CT molecular complexity index is 1230. The average molecular weight is 671 g/mol. The molecule has 1 saturated heterocycles. The summed E-state index contributed by atoms with van der Waals surface area (Å²) >= 11 is 0. The van der Waals surface area contributed by atoms with E-state index in [-0.39, 0.29) is 17.4 Å². The van der Waals surface area contributed by atoms with Crippen molar-refractivity contribution in [3.8, 4) is 0 Å². The second kappa shape index (κ2) is 22.2. The highest BCUT2D eigenvalue weighted by Crippen LogP contribution is 2.18. The minimum Gasteiger partial charge on any atom is -0.354 e. The Balaban J connectivity index is 1.06. The number of hydrogen-bond donors (Lipinski definition) is 1. The van der Waals surface area contributed by atoms with E-state index in [9.17, 15) is 13.2 Å². The highest BCUT2D eigenvalue weighted by atomic mass is 32.2. The molecule has 1 unspecified atom stereocenters. The molecule has 1 aliphatic heterocycles. The minimum atomic E-state index is -3.63. The monoisotopic (exact) mass is 670 g/mol. The molecule has 1 fully saturated rings. The summed E-state index contributed by atoms with van der Waals surface area (Å²) in [4.78, 5) is 22.2. The molecule has 0 spiro atoms. The first-order valence-electron chi connectivity index (χ1n) is 18.5. The molecule has 2 heterocycles. The van der Waals surface area contributed by atoms with Crippen molar-refractivity contribution in [2.45, 2.75) is 134 Å². The van der Waals surface area contributed by atoms with Gasteiger partial charge in [0.15, 0.2) is 0 Å². The Labute approximate surface area is 286 Å². The highest BCUT2D eigenvalue weighted by Gasteiger charge is 2.21. The fraction of sp³-hybridized carbons (Fsp3) is 0.684. The number of unbranched alkanes of at least 4 members (excludes halogenated alkanes) is 14. The quantitative estimate of drug-likeness (QED) is 0.0888. The average Bonchev–Trinajstić information content (AvgIpc) is 3.09. The first kappa shape index (κ1) is 39.0. The van der Waals surface area contributed by atoms with E-state index >= 15 is 0 Å². The number of nitrogens with zero attached hydrogens (tertiary/aromatic N) is 3. The summed E-state index contributed by atoms with van der Waals surface area (Å²) in [5.74, 6) is 0.940. The van der Waals surface area contributed by atoms with Gasteiger partial charge in [0, 0.05) is 45.0 Å². The smallest absolute Gasteiger partial charge is 0.296 e. The number of aryl methyl sites for hydroxylation is 1. The van der Waals surface area contributed by atoms with Gasteiger partial charge in [-0.3, -0.25) is 13.9 Å². The van der Waals surface area contributed by atoms with E-state index < -0.39 is 10.1 Å². The van der Waals surface area contributed by atoms with Gasteiger partial charge in [0.05, 0.1) is 17.1 Å². The number of piperazine rings is 1. The third-order valence-electron chi connectivity index (χ3n) is 9.52. The molecule has 1 atom stereocenters. The van der Waals surface area contributed by atoms with Gasteiger partial charge in [-0.15, -0.1) is 0 Å². The summed E-state index contributed by atoms with van der Waals surface area (Å²) in [5.41, 5.74) is 1.67. The predicted octanol–water partition coefficient (Wildman–Crippen LogP) is 8.30. The molecule has 0 aliphatic carbocycles. The Morgan fingerprint density at radius 2 is 1.32 bits per heavy atom. The molecule has 9 heteroatoms. The molecule has 1 amide bonds. The number of nitrogens with one attached hydrogen (secondary N) is 1. The van der Waals surface area contributed by atoms with E-state index in [0.717, 1.165) is 76.2 Å². The van der Waals surface area contributed by atoms with E-state index in [4.69, 9.17) is 4.18 Å². The van der Waals surface area contributed by atoms with Crippen LogP contribution in [0.4, 0.5) is 5.82 Å². The molecule has 1 aromatic heterocycles. The Morgan fingerprint density at radius 3 is 1.83 bits per heavy atom. The van der Waals surface area contributed by atoms with E-state index in [1.165, 1.54) is 70.6 Å². The van der Waals surface area contributed by atoms with Crippen LogP contribution in [0.1, 0.15) is 133 Å². The predicted molar refractivity (Wildman–Crippen MR) is 194 cm³/mol. The van der Waals surface area contributed by atoms with Gasteiger partial charge in [-0.05, 0) is 57.4 Å². The lowest BCUT2D eigenvalue weighted by atomic mass is 10.0. The molecule has 0 bridgehead atoms. The van der Waals surface area contributed by atoms with Gasteiger partial charge in [-0.2, -0.15) is 8.42 Å². The second-order valence-electron chi connectivity index (χ2n) is 13.3. The molecular formula is C38H62N4O4S. The van der Waals surface area contributed by atoms with Crippen molar-refractivity contribution in [2.75, 3.05) is 44.2 Å². The van der Waals surface area contributed by atoms with Crippen LogP contribution < -0.4 is 10.2 Å². The van der Waals surface area contributed by atoms with Crippen LogP contribution in [0.2, 0.25) is 0 Å². The molecule has 0 saturated carbocycles. The normalized spacial score (nSPS) is 14.7. The van der Waals surface area contributed by atoms with Crippen LogP contribution in [0.15, 0.2) is 47.5 Å². The molecule has 264 valence electrons. The summed E-state index contributed by atoms with van der Waals surface area (Å²) in [6, 6.07) is 11.3. The lowest BCUT2D eigenvalue weighted by Gasteiger charge is -2.38. The van der Waals surface area contributed by atoms with Crippen molar-refractivity contribution in [3.63, 3.8) is 0 Å². The number of rotatable bonds is 24. The Hall–Kier alpha value is -2.49. The standard InChI is InChI=1S/C38H62N4O4S/c1-4-34(3)41-27-29-42(30-28-41)37-25-22-35(32-40-37)38(43)39-26-18-16-14-12-10-8-6-5-7-9-11-13-15-17-19-31-46-47(44,45)36-23-20-33(2)21-24-36/h20-25,32,34H,4-19,26-31H2,1-3H3,(H,39,43). The SMILES string of the molecule is CCC(C)N1CCN(c2ccc(C(=O)NCCCCCCCCCCCCCCCCCOS(=O)(=O)c3ccc(C)cc3)cn2)CC1. The first-order chi connectivity index (χ1) is 22.8. The van der Waals surface area contributed by atoms with Crippen molar-refractivity contribution < 1.29 is 17.4 Å². The summed E-state index contributed by atoms with van der Waals surface area (Å²) < 4.78 is 29.6. The largest absolute Gasteiger partial charge is 0.354 e. The number of carbonyl (C=O) groups excluding carboxylic acids is 1. The van der Waals surface area contributed by atoms with Crippen molar-refractivity contribution in [3.05, 3.63) is 53.7 Å². The number of aromatic nitrogens is 1. The van der Waals surface area contributed by atoms with Gasteiger partial charge in [0.1, 0.15) is 5.82 Å². The molecule has 1 aliphatic rings. The van der Waals surface area contributed by atoms with Crippen LogP contribution in [-0.2, 0) is 14.3 Å². The van der Waals surface area contributed by atoms with E-state index in [1.807, 2.05) is 19.1 Å². The summed E-state index contributed by atoms with van der Waals surface area (Å²) in [7, 11) is -3.63. The van der Waals surface area contributed by atoms with Crippen LogP contribution in [0.5, 0.6) is 0 Å². The number of carbonyl (C=O) groups is 1. The summed E-state index contributed by atoms with van der Waals surface area (Å²) in [6.45, 7) is 11.6. The van der Waals surface area contributed by atoms with Crippen LogP contribution in [0.3, 0.4) is 0 Å². The zero-order chi connectivity index (χ0) is 33.7. The Morgan fingerprint density at radius 1 is 0.787 bits per heavy atom. The lowest BCUT2D eigenvalue weighted by molar-refractivity contribution is 0.0952. The summed E-state index contributed by atoms with van der Waals surface area (Å²) in [5, 5.41) is 3.06. The molecule has 0 radical (unpaired) electrons. The van der Waals surface area contributed by atoms with E-state index in [1.54, 1.807) is 30.5 Å². The van der Waals surface area contributed by atoms with Crippen LogP contribution in [0.25, 0.3) is 0 Å². The van der Waals surface area contributed by atoms with Gasteiger partial charge in [0.2, 0.25) is 0 Å². The maximum Gasteiger partial charge on any atom is 0.296 e. The van der Waals surface area contributed by atoms with Gasteiger partial charge < -0.3 is 10.2 Å². The topological polar surface area (TPSA) is 91.8 Å². The van der Waals surface area contributed by atoms with Gasteiger partial charge in [0.25, 0.3) is 16.0 Å². The van der Waals surface area contributed by atoms with Crippen molar-refractivity contribution in [1.82, 2.24) is 15.2 Å². The fourth-order valence-electron chi connectivity index (χ4n) is 6.13. The Kier molecular flexibility index (Phi) is 18.4. The molecule has 2 aromatic rings. The lowest BCUT2D eigenvalue weighted by Crippen LogP contribution is -2.49. The molecule has 47 heavy (non-hydrogen) atoms. The van der Waals surface area contributed by atoms with Crippen molar-refractivity contribution in [2.24, 2.45) is 0 Å². The second-order valence-corrected chi connectivity index (χ2v) is 14.9. The van der Waals surface area contributed by atoms with Gasteiger partial charge in [-0.1, -0.05) is 108 Å². The number of amides is 1. The van der Waals surface area contributed by atoms with Crippen LogP contribution in [0, 0.1) is 6.92 Å². The maximum absolute atomic E-state index is 12.5. The van der Waals surface area contributed by atoms with Gasteiger partial charge >= 0.3 is 0 Å². The molecule has 1 aromatic carbocycles. The van der Waals surface area contributed by atoms with Crippen molar-refractivity contribution >= 4 is 21.8 Å². The van der Waals surface area contributed by atoms with E-state index in [0.29, 0.717) is 11.6 Å². The number of benzene rings is 1. The highest BCUT2D eigenvalue weighted by molar-refractivity contribution is 7.86. The zero-order valence-electron chi connectivity index (χ0n) is 29.6. The van der Waals surface area contributed by atoms with E-state index in [2.05, 4.69) is 33.9 Å².